The summed E-state index contributed by atoms with van der Waals surface area (Å²) < 4.78 is 0.761. The fourth-order valence-electron chi connectivity index (χ4n) is 2.13. The Hall–Kier alpha value is -2.80. The van der Waals surface area contributed by atoms with Gasteiger partial charge in [0.2, 0.25) is 5.28 Å². The van der Waals surface area contributed by atoms with Gasteiger partial charge in [-0.1, -0.05) is 33.6 Å². The lowest BCUT2D eigenvalue weighted by Crippen LogP contribution is -2.13. The summed E-state index contributed by atoms with van der Waals surface area (Å²) in [5.74, 6) is 0.321. The number of hydrogen-bond acceptors (Lipinski definition) is 6. The molecule has 2 aromatic heterocycles. The number of aromatic amines is 1. The predicted molar refractivity (Wildman–Crippen MR) is 107 cm³/mol. The van der Waals surface area contributed by atoms with E-state index in [1.165, 1.54) is 12.5 Å². The molecule has 0 bridgehead atoms. The highest BCUT2D eigenvalue weighted by Gasteiger charge is 2.16. The van der Waals surface area contributed by atoms with Gasteiger partial charge in [0.05, 0.1) is 17.1 Å². The average Bonchev–Trinajstić information content (AvgIpc) is 2.61. The summed E-state index contributed by atoms with van der Waals surface area (Å²) in [6, 6.07) is 8.64. The first kappa shape index (κ1) is 19.0. The van der Waals surface area contributed by atoms with Gasteiger partial charge >= 0.3 is 5.69 Å². The molecule has 27 heavy (non-hydrogen) atoms. The van der Waals surface area contributed by atoms with Crippen molar-refractivity contribution in [2.45, 2.75) is 0 Å². The lowest BCUT2D eigenvalue weighted by atomic mass is 10.1. The summed E-state index contributed by atoms with van der Waals surface area (Å²) in [7, 11) is 0. The van der Waals surface area contributed by atoms with Crippen molar-refractivity contribution < 1.29 is 0 Å². The number of anilines is 1. The zero-order chi connectivity index (χ0) is 19.4. The highest BCUT2D eigenvalue weighted by atomic mass is 79.9. The Balaban J connectivity index is 2.01. The highest BCUT2D eigenvalue weighted by molar-refractivity contribution is 9.10. The smallest absolute Gasteiger partial charge is 0.331 e. The van der Waals surface area contributed by atoms with Crippen LogP contribution < -0.4 is 11.0 Å². The van der Waals surface area contributed by atoms with Crippen LogP contribution in [0.5, 0.6) is 0 Å². The van der Waals surface area contributed by atoms with Crippen molar-refractivity contribution in [2.24, 2.45) is 4.99 Å². The van der Waals surface area contributed by atoms with Crippen LogP contribution in [0.4, 0.5) is 11.6 Å². The quantitative estimate of drug-likeness (QED) is 0.342. The maximum Gasteiger partial charge on any atom is 0.347 e. The molecule has 0 saturated carbocycles. The molecule has 3 rings (SSSR count). The van der Waals surface area contributed by atoms with Gasteiger partial charge in [-0.2, -0.15) is 10.2 Å². The molecule has 0 atom stereocenters. The first-order valence-electron chi connectivity index (χ1n) is 7.25. The van der Waals surface area contributed by atoms with E-state index in [9.17, 15) is 10.1 Å². The minimum absolute atomic E-state index is 0.0626. The van der Waals surface area contributed by atoms with E-state index in [0.29, 0.717) is 16.4 Å². The van der Waals surface area contributed by atoms with Crippen molar-refractivity contribution in [1.82, 2.24) is 19.9 Å². The molecule has 11 heteroatoms. The van der Waals surface area contributed by atoms with Gasteiger partial charge in [-0.15, -0.1) is 0 Å². The summed E-state index contributed by atoms with van der Waals surface area (Å²) in [6.45, 7) is 0. The van der Waals surface area contributed by atoms with Gasteiger partial charge in [-0.3, -0.25) is 0 Å². The van der Waals surface area contributed by atoms with Gasteiger partial charge in [-0.05, 0) is 29.8 Å². The number of hydrogen-bond donors (Lipinski definition) is 2. The molecule has 3 aromatic rings. The fraction of sp³-hybridized carbons (Fsp3) is 0. The minimum atomic E-state index is -0.666. The van der Waals surface area contributed by atoms with Crippen LogP contribution in [0.1, 0.15) is 5.56 Å². The Morgan fingerprint density at radius 1 is 1.30 bits per heavy atom. The van der Waals surface area contributed by atoms with Crippen LogP contribution in [0.15, 0.2) is 44.7 Å². The normalized spacial score (nSPS) is 10.7. The van der Waals surface area contributed by atoms with Gasteiger partial charge < -0.3 is 10.3 Å². The van der Waals surface area contributed by atoms with Gasteiger partial charge in [0.15, 0.2) is 5.82 Å². The summed E-state index contributed by atoms with van der Waals surface area (Å²) in [5, 5.41) is 12.7. The van der Waals surface area contributed by atoms with E-state index < -0.39 is 5.69 Å². The standard InChI is InChI=1S/C16H8BrCl2N7O/c17-8-1-2-9(11(18)5-8)13-10(6-20)14(26-16(27)25-13)23-7-22-12-3-4-21-15(19)24-12/h1-5,7H,(H2,21,22,23,24,25,26,27). The number of aliphatic imine (C=N–C) groups is 1. The van der Waals surface area contributed by atoms with Crippen LogP contribution in [0.2, 0.25) is 10.3 Å². The summed E-state index contributed by atoms with van der Waals surface area (Å²) in [5.41, 5.74) is 0.105. The van der Waals surface area contributed by atoms with Crippen molar-refractivity contribution >= 4 is 57.1 Å². The molecule has 2 N–H and O–H groups in total. The fourth-order valence-corrected chi connectivity index (χ4v) is 3.04. The Kier molecular flexibility index (Phi) is 5.81. The number of rotatable bonds is 4. The molecule has 1 aromatic carbocycles. The second-order valence-electron chi connectivity index (χ2n) is 4.96. The third-order valence-corrected chi connectivity index (χ3v) is 4.24. The summed E-state index contributed by atoms with van der Waals surface area (Å²) in [6.07, 6.45) is 2.71. The molecule has 0 radical (unpaired) electrons. The molecular formula is C16H8BrCl2N7O. The Morgan fingerprint density at radius 3 is 2.81 bits per heavy atom. The molecule has 0 aliphatic rings. The molecule has 2 heterocycles. The number of benzene rings is 1. The van der Waals surface area contributed by atoms with Crippen molar-refractivity contribution in [2.75, 3.05) is 5.32 Å². The predicted octanol–water partition coefficient (Wildman–Crippen LogP) is 3.94. The molecular weight excluding hydrogens is 457 g/mol. The maximum atomic E-state index is 11.9. The van der Waals surface area contributed by atoms with Gasteiger partial charge in [0, 0.05) is 16.2 Å². The second kappa shape index (κ2) is 8.26. The third-order valence-electron chi connectivity index (χ3n) is 3.25. The zero-order valence-electron chi connectivity index (χ0n) is 13.2. The summed E-state index contributed by atoms with van der Waals surface area (Å²) >= 11 is 15.2. The number of halogens is 3. The Bertz CT molecular complexity index is 1140. The molecule has 0 amide bonds. The number of H-pyrrole nitrogens is 1. The van der Waals surface area contributed by atoms with Gasteiger partial charge in [0.25, 0.3) is 0 Å². The van der Waals surface area contributed by atoms with E-state index in [1.54, 1.807) is 24.3 Å². The first-order chi connectivity index (χ1) is 13.0. The van der Waals surface area contributed by atoms with Crippen molar-refractivity contribution in [3.8, 4) is 17.3 Å². The first-order valence-corrected chi connectivity index (χ1v) is 8.80. The number of nitriles is 1. The van der Waals surface area contributed by atoms with Crippen molar-refractivity contribution in [1.29, 1.82) is 5.26 Å². The lowest BCUT2D eigenvalue weighted by Gasteiger charge is -2.08. The number of aromatic nitrogens is 4. The van der Waals surface area contributed by atoms with E-state index >= 15 is 0 Å². The Labute approximate surface area is 171 Å². The van der Waals surface area contributed by atoms with Crippen LogP contribution in [-0.4, -0.2) is 26.3 Å². The van der Waals surface area contributed by atoms with Crippen LogP contribution >= 0.6 is 39.1 Å². The highest BCUT2D eigenvalue weighted by Crippen LogP contribution is 2.32. The van der Waals surface area contributed by atoms with E-state index in [-0.39, 0.29) is 22.4 Å². The van der Waals surface area contributed by atoms with Crippen LogP contribution in [0, 0.1) is 11.3 Å². The third kappa shape index (κ3) is 4.49. The van der Waals surface area contributed by atoms with Crippen LogP contribution in [0.25, 0.3) is 11.3 Å². The van der Waals surface area contributed by atoms with E-state index in [4.69, 9.17) is 23.2 Å². The van der Waals surface area contributed by atoms with E-state index in [2.05, 4.69) is 46.2 Å². The number of nitrogens with one attached hydrogen (secondary N) is 2. The summed E-state index contributed by atoms with van der Waals surface area (Å²) in [4.78, 5) is 30.0. The SMILES string of the molecule is N#Cc1c(N=CNc2ccnc(Cl)n2)nc(=O)[nH]c1-c1ccc(Br)cc1Cl. The Morgan fingerprint density at radius 2 is 2.11 bits per heavy atom. The molecule has 0 saturated heterocycles. The van der Waals surface area contributed by atoms with Gasteiger partial charge in [-0.25, -0.2) is 19.8 Å². The number of nitrogens with zero attached hydrogens (tertiary/aromatic N) is 5. The molecule has 0 aliphatic heterocycles. The zero-order valence-corrected chi connectivity index (χ0v) is 16.3. The molecule has 0 spiro atoms. The average molecular weight is 465 g/mol. The van der Waals surface area contributed by atoms with Crippen molar-refractivity contribution in [3.05, 3.63) is 61.3 Å². The van der Waals surface area contributed by atoms with E-state index in [1.807, 2.05) is 6.07 Å². The molecule has 0 fully saturated rings. The minimum Gasteiger partial charge on any atom is -0.331 e. The van der Waals surface area contributed by atoms with E-state index in [0.717, 1.165) is 4.47 Å². The maximum absolute atomic E-state index is 11.9. The molecule has 8 nitrogen and oxygen atoms in total. The monoisotopic (exact) mass is 463 g/mol. The largest absolute Gasteiger partial charge is 0.347 e. The van der Waals surface area contributed by atoms with Crippen LogP contribution in [-0.2, 0) is 0 Å². The molecule has 0 aliphatic carbocycles. The lowest BCUT2D eigenvalue weighted by molar-refractivity contribution is 1.06. The molecule has 0 unspecified atom stereocenters. The topological polar surface area (TPSA) is 120 Å². The van der Waals surface area contributed by atoms with Gasteiger partial charge in [0.1, 0.15) is 17.5 Å². The van der Waals surface area contributed by atoms with Crippen LogP contribution in [0.3, 0.4) is 0 Å². The molecule has 134 valence electrons. The van der Waals surface area contributed by atoms with Crippen molar-refractivity contribution in [3.63, 3.8) is 0 Å². The second-order valence-corrected chi connectivity index (χ2v) is 6.63.